The minimum absolute atomic E-state index is 0.536. The molecule has 1 aromatic heterocycles. The zero-order valence-electron chi connectivity index (χ0n) is 12.5. The third-order valence-electron chi connectivity index (χ3n) is 4.21. The summed E-state index contributed by atoms with van der Waals surface area (Å²) in [6, 6.07) is 15.7. The first kappa shape index (κ1) is 14.8. The minimum atomic E-state index is 0.536. The largest absolute Gasteiger partial charge is 0.311 e. The molecule has 1 atom stereocenters. The quantitative estimate of drug-likeness (QED) is 0.865. The predicted octanol–water partition coefficient (Wildman–Crippen LogP) is 4.06. The van der Waals surface area contributed by atoms with E-state index >= 15 is 0 Å². The average molecular weight is 300 g/mol. The van der Waals surface area contributed by atoms with E-state index in [4.69, 9.17) is 0 Å². The summed E-state index contributed by atoms with van der Waals surface area (Å²) in [5, 5.41) is 5.85. The van der Waals surface area contributed by atoms with Crippen LogP contribution in [0.15, 0.2) is 47.8 Å². The molecule has 3 rings (SSSR count). The number of thiophene rings is 1. The fourth-order valence-corrected chi connectivity index (χ4v) is 3.93. The van der Waals surface area contributed by atoms with E-state index in [1.165, 1.54) is 42.8 Å². The fraction of sp³-hybridized carbons (Fsp3) is 0.444. The van der Waals surface area contributed by atoms with Crippen molar-refractivity contribution in [2.24, 2.45) is 0 Å². The van der Waals surface area contributed by atoms with Gasteiger partial charge < -0.3 is 5.32 Å². The molecular weight excluding hydrogens is 276 g/mol. The summed E-state index contributed by atoms with van der Waals surface area (Å²) in [4.78, 5) is 4.16. The molecule has 0 saturated carbocycles. The number of hydrogen-bond donors (Lipinski definition) is 1. The monoisotopic (exact) mass is 300 g/mol. The van der Waals surface area contributed by atoms with E-state index in [0.29, 0.717) is 6.04 Å². The molecule has 1 unspecified atom stereocenters. The molecule has 3 heteroatoms. The maximum Gasteiger partial charge on any atom is 0.0566 e. The number of rotatable bonds is 6. The second-order valence-corrected chi connectivity index (χ2v) is 6.72. The molecule has 2 aromatic rings. The molecule has 1 fully saturated rings. The SMILES string of the molecule is c1ccc(CNCC(c2cccs2)N2CCCCC2)cc1. The van der Waals surface area contributed by atoms with Crippen LogP contribution in [0, 0.1) is 0 Å². The van der Waals surface area contributed by atoms with Gasteiger partial charge >= 0.3 is 0 Å². The minimum Gasteiger partial charge on any atom is -0.311 e. The van der Waals surface area contributed by atoms with Crippen molar-refractivity contribution in [3.05, 3.63) is 58.3 Å². The van der Waals surface area contributed by atoms with Gasteiger partial charge in [-0.25, -0.2) is 0 Å². The highest BCUT2D eigenvalue weighted by molar-refractivity contribution is 7.10. The van der Waals surface area contributed by atoms with E-state index in [2.05, 4.69) is 58.1 Å². The van der Waals surface area contributed by atoms with Crippen molar-refractivity contribution >= 4 is 11.3 Å². The second kappa shape index (κ2) is 7.74. The van der Waals surface area contributed by atoms with Gasteiger partial charge in [-0.2, -0.15) is 0 Å². The van der Waals surface area contributed by atoms with E-state index in [1.54, 1.807) is 0 Å². The number of nitrogens with zero attached hydrogens (tertiary/aromatic N) is 1. The van der Waals surface area contributed by atoms with Gasteiger partial charge in [-0.15, -0.1) is 11.3 Å². The van der Waals surface area contributed by atoms with Gasteiger partial charge in [0.25, 0.3) is 0 Å². The first-order valence-corrected chi connectivity index (χ1v) is 8.83. The Kier molecular flexibility index (Phi) is 5.44. The van der Waals surface area contributed by atoms with Gasteiger partial charge in [-0.1, -0.05) is 42.8 Å². The van der Waals surface area contributed by atoms with Gasteiger partial charge in [0.2, 0.25) is 0 Å². The van der Waals surface area contributed by atoms with Crippen molar-refractivity contribution in [1.29, 1.82) is 0 Å². The van der Waals surface area contributed by atoms with Gasteiger partial charge in [0, 0.05) is 18.0 Å². The van der Waals surface area contributed by atoms with E-state index in [1.807, 2.05) is 11.3 Å². The van der Waals surface area contributed by atoms with Crippen LogP contribution in [0.5, 0.6) is 0 Å². The van der Waals surface area contributed by atoms with Crippen molar-refractivity contribution in [2.45, 2.75) is 31.8 Å². The van der Waals surface area contributed by atoms with Crippen LogP contribution >= 0.6 is 11.3 Å². The number of benzene rings is 1. The van der Waals surface area contributed by atoms with E-state index in [9.17, 15) is 0 Å². The van der Waals surface area contributed by atoms with Crippen LogP contribution < -0.4 is 5.32 Å². The molecule has 1 aliphatic rings. The Morgan fingerprint density at radius 2 is 1.81 bits per heavy atom. The summed E-state index contributed by atoms with van der Waals surface area (Å²) in [6.45, 7) is 4.48. The lowest BCUT2D eigenvalue weighted by Crippen LogP contribution is -2.38. The lowest BCUT2D eigenvalue weighted by Gasteiger charge is -2.34. The third kappa shape index (κ3) is 4.16. The van der Waals surface area contributed by atoms with Crippen molar-refractivity contribution in [2.75, 3.05) is 19.6 Å². The molecule has 1 aromatic carbocycles. The Morgan fingerprint density at radius 1 is 1.00 bits per heavy atom. The normalized spacial score (nSPS) is 17.7. The zero-order valence-corrected chi connectivity index (χ0v) is 13.3. The van der Waals surface area contributed by atoms with Gasteiger partial charge in [0.15, 0.2) is 0 Å². The third-order valence-corrected chi connectivity index (χ3v) is 5.19. The van der Waals surface area contributed by atoms with E-state index < -0.39 is 0 Å². The smallest absolute Gasteiger partial charge is 0.0566 e. The molecule has 0 radical (unpaired) electrons. The summed E-state index contributed by atoms with van der Waals surface area (Å²) < 4.78 is 0. The number of hydrogen-bond acceptors (Lipinski definition) is 3. The zero-order chi connectivity index (χ0) is 14.3. The van der Waals surface area contributed by atoms with E-state index in [0.717, 1.165) is 13.1 Å². The number of nitrogens with one attached hydrogen (secondary N) is 1. The highest BCUT2D eigenvalue weighted by Crippen LogP contribution is 2.27. The molecule has 0 bridgehead atoms. The van der Waals surface area contributed by atoms with Crippen LogP contribution in [-0.2, 0) is 6.54 Å². The summed E-state index contributed by atoms with van der Waals surface area (Å²) >= 11 is 1.89. The van der Waals surface area contributed by atoms with Crippen molar-refractivity contribution < 1.29 is 0 Å². The first-order chi connectivity index (χ1) is 10.4. The Morgan fingerprint density at radius 3 is 2.52 bits per heavy atom. The molecular formula is C18H24N2S. The Balaban J connectivity index is 1.59. The highest BCUT2D eigenvalue weighted by atomic mass is 32.1. The standard InChI is InChI=1S/C18H24N2S/c1-3-8-16(9-4-1)14-19-15-17(18-10-7-13-21-18)20-11-5-2-6-12-20/h1,3-4,7-10,13,17,19H,2,5-6,11-12,14-15H2. The molecule has 21 heavy (non-hydrogen) atoms. The number of likely N-dealkylation sites (tertiary alicyclic amines) is 1. The summed E-state index contributed by atoms with van der Waals surface area (Å²) in [5.74, 6) is 0. The van der Waals surface area contributed by atoms with E-state index in [-0.39, 0.29) is 0 Å². The Bertz CT molecular complexity index is 503. The average Bonchev–Trinajstić information content (AvgIpc) is 3.07. The summed E-state index contributed by atoms with van der Waals surface area (Å²) in [5.41, 5.74) is 1.36. The maximum absolute atomic E-state index is 3.65. The van der Waals surface area contributed by atoms with Gasteiger partial charge in [0.05, 0.1) is 6.04 Å². The first-order valence-electron chi connectivity index (χ1n) is 7.95. The van der Waals surface area contributed by atoms with Gasteiger partial charge in [-0.3, -0.25) is 4.90 Å². The number of piperidine rings is 1. The van der Waals surface area contributed by atoms with Crippen molar-refractivity contribution in [1.82, 2.24) is 10.2 Å². The van der Waals surface area contributed by atoms with Crippen LogP contribution in [0.4, 0.5) is 0 Å². The molecule has 0 amide bonds. The second-order valence-electron chi connectivity index (χ2n) is 5.74. The Hall–Kier alpha value is -1.16. The van der Waals surface area contributed by atoms with Crippen LogP contribution in [-0.4, -0.2) is 24.5 Å². The predicted molar refractivity (Wildman–Crippen MR) is 90.6 cm³/mol. The highest BCUT2D eigenvalue weighted by Gasteiger charge is 2.22. The van der Waals surface area contributed by atoms with Crippen molar-refractivity contribution in [3.63, 3.8) is 0 Å². The van der Waals surface area contributed by atoms with Crippen molar-refractivity contribution in [3.8, 4) is 0 Å². The van der Waals surface area contributed by atoms with Gasteiger partial charge in [0.1, 0.15) is 0 Å². The van der Waals surface area contributed by atoms with Crippen LogP contribution in [0.25, 0.3) is 0 Å². The summed E-state index contributed by atoms with van der Waals surface area (Å²) in [6.07, 6.45) is 4.09. The molecule has 2 heterocycles. The molecule has 112 valence electrons. The van der Waals surface area contributed by atoms with Crippen LogP contribution in [0.3, 0.4) is 0 Å². The maximum atomic E-state index is 3.65. The van der Waals surface area contributed by atoms with Gasteiger partial charge in [-0.05, 0) is 42.9 Å². The molecule has 0 spiro atoms. The lowest BCUT2D eigenvalue weighted by atomic mass is 10.1. The molecule has 1 saturated heterocycles. The molecule has 0 aliphatic carbocycles. The Labute approximate surface area is 131 Å². The molecule has 2 nitrogen and oxygen atoms in total. The molecule has 1 aliphatic heterocycles. The topological polar surface area (TPSA) is 15.3 Å². The van der Waals surface area contributed by atoms with Crippen LogP contribution in [0.2, 0.25) is 0 Å². The lowest BCUT2D eigenvalue weighted by molar-refractivity contribution is 0.162. The molecule has 1 N–H and O–H groups in total. The van der Waals surface area contributed by atoms with Crippen LogP contribution in [0.1, 0.15) is 35.7 Å². The summed E-state index contributed by atoms with van der Waals surface area (Å²) in [7, 11) is 0. The fourth-order valence-electron chi connectivity index (χ4n) is 3.07.